The Labute approximate surface area is 101 Å². The number of allylic oxidation sites excluding steroid dienone is 3. The van der Waals surface area contributed by atoms with Gasteiger partial charge in [-0.2, -0.15) is 0 Å². The summed E-state index contributed by atoms with van der Waals surface area (Å²) >= 11 is 0. The molecule has 1 saturated carbocycles. The van der Waals surface area contributed by atoms with E-state index in [0.717, 1.165) is 23.7 Å². The molecule has 1 fully saturated rings. The van der Waals surface area contributed by atoms with Gasteiger partial charge in [-0.25, -0.2) is 0 Å². The highest BCUT2D eigenvalue weighted by Crippen LogP contribution is 2.45. The van der Waals surface area contributed by atoms with Crippen LogP contribution in [0.25, 0.3) is 0 Å². The molecule has 2 aliphatic rings. The van der Waals surface area contributed by atoms with Crippen LogP contribution in [0.5, 0.6) is 0 Å². The van der Waals surface area contributed by atoms with Crippen LogP contribution in [0.15, 0.2) is 24.8 Å². The first-order chi connectivity index (χ1) is 7.83. The second kappa shape index (κ2) is 5.70. The van der Waals surface area contributed by atoms with E-state index in [1.54, 1.807) is 0 Å². The van der Waals surface area contributed by atoms with E-state index in [9.17, 15) is 0 Å². The number of hydrogen-bond donors (Lipinski definition) is 0. The first kappa shape index (κ1) is 12.0. The van der Waals surface area contributed by atoms with Crippen molar-refractivity contribution in [2.24, 2.45) is 23.7 Å². The Morgan fingerprint density at radius 2 is 2.31 bits per heavy atom. The molecule has 90 valence electrons. The van der Waals surface area contributed by atoms with Crippen LogP contribution in [0.2, 0.25) is 0 Å². The number of fused-ring (bicyclic) bond motifs is 2. The zero-order valence-corrected chi connectivity index (χ0v) is 10.7. The van der Waals surface area contributed by atoms with Crippen molar-refractivity contribution in [2.75, 3.05) is 0 Å². The first-order valence-corrected chi connectivity index (χ1v) is 7.11. The Kier molecular flexibility index (Phi) is 4.26. The van der Waals surface area contributed by atoms with Crippen molar-refractivity contribution in [3.05, 3.63) is 24.8 Å². The Hall–Kier alpha value is -0.520. The molecule has 0 radical (unpaired) electrons. The molecule has 0 N–H and O–H groups in total. The molecule has 0 nitrogen and oxygen atoms in total. The van der Waals surface area contributed by atoms with Crippen LogP contribution in [0.1, 0.15) is 51.9 Å². The fourth-order valence-electron chi connectivity index (χ4n) is 3.66. The third-order valence-electron chi connectivity index (χ3n) is 4.72. The molecule has 0 heteroatoms. The van der Waals surface area contributed by atoms with Crippen LogP contribution in [0, 0.1) is 23.7 Å². The molecule has 2 bridgehead atoms. The molecule has 0 aromatic rings. The van der Waals surface area contributed by atoms with Crippen LogP contribution < -0.4 is 0 Å². The summed E-state index contributed by atoms with van der Waals surface area (Å²) in [6, 6.07) is 0. The van der Waals surface area contributed by atoms with E-state index in [0.29, 0.717) is 0 Å². The Morgan fingerprint density at radius 1 is 1.44 bits per heavy atom. The smallest absolute Gasteiger partial charge is 0.0202 e. The lowest BCUT2D eigenvalue weighted by molar-refractivity contribution is 0.355. The van der Waals surface area contributed by atoms with Crippen LogP contribution >= 0.6 is 0 Å². The van der Waals surface area contributed by atoms with Crippen molar-refractivity contribution in [3.8, 4) is 0 Å². The normalized spacial score (nSPS) is 33.9. The summed E-state index contributed by atoms with van der Waals surface area (Å²) in [5.41, 5.74) is 0. The van der Waals surface area contributed by atoms with E-state index in [1.807, 2.05) is 0 Å². The maximum atomic E-state index is 3.87. The molecule has 2 rings (SSSR count). The van der Waals surface area contributed by atoms with Crippen molar-refractivity contribution in [3.63, 3.8) is 0 Å². The average molecular weight is 218 g/mol. The molecule has 0 aromatic carbocycles. The lowest BCUT2D eigenvalue weighted by Gasteiger charge is -2.19. The monoisotopic (exact) mass is 218 g/mol. The summed E-state index contributed by atoms with van der Waals surface area (Å²) in [4.78, 5) is 0. The van der Waals surface area contributed by atoms with Crippen LogP contribution in [0.3, 0.4) is 0 Å². The predicted molar refractivity (Wildman–Crippen MR) is 71.3 cm³/mol. The highest BCUT2D eigenvalue weighted by Gasteiger charge is 2.33. The second-order valence-electron chi connectivity index (χ2n) is 5.80. The Bertz CT molecular complexity index is 251. The third-order valence-corrected chi connectivity index (χ3v) is 4.72. The minimum Gasteiger partial charge on any atom is -0.103 e. The second-order valence-corrected chi connectivity index (χ2v) is 5.80. The van der Waals surface area contributed by atoms with Gasteiger partial charge in [0.1, 0.15) is 0 Å². The lowest BCUT2D eigenvalue weighted by atomic mass is 9.86. The highest BCUT2D eigenvalue weighted by atomic mass is 14.4. The maximum absolute atomic E-state index is 3.87. The van der Waals surface area contributed by atoms with Crippen molar-refractivity contribution in [1.29, 1.82) is 0 Å². The van der Waals surface area contributed by atoms with Crippen molar-refractivity contribution >= 4 is 0 Å². The highest BCUT2D eigenvalue weighted by molar-refractivity contribution is 5.03. The third kappa shape index (κ3) is 2.78. The van der Waals surface area contributed by atoms with Gasteiger partial charge in [-0.05, 0) is 62.2 Å². The first-order valence-electron chi connectivity index (χ1n) is 7.11. The minimum atomic E-state index is 0.891. The molecular weight excluding hydrogens is 192 g/mol. The van der Waals surface area contributed by atoms with Gasteiger partial charge in [-0.1, -0.05) is 31.6 Å². The van der Waals surface area contributed by atoms with Gasteiger partial charge in [0.05, 0.1) is 0 Å². The summed E-state index contributed by atoms with van der Waals surface area (Å²) in [6.45, 7) is 6.19. The summed E-state index contributed by atoms with van der Waals surface area (Å²) < 4.78 is 0. The van der Waals surface area contributed by atoms with Gasteiger partial charge in [-0.3, -0.25) is 0 Å². The number of rotatable bonds is 6. The van der Waals surface area contributed by atoms with Crippen LogP contribution in [0.4, 0.5) is 0 Å². The standard InChI is InChI=1S/C16H26/c1-3-6-13(4-2)9-10-16-12-14-7-5-8-15(16)11-14/h3,5,8,13-16H,1,4,6-7,9-12H2,2H3. The molecule has 0 aliphatic heterocycles. The van der Waals surface area contributed by atoms with E-state index in [2.05, 4.69) is 31.7 Å². The fraction of sp³-hybridized carbons (Fsp3) is 0.750. The summed E-state index contributed by atoms with van der Waals surface area (Å²) in [7, 11) is 0. The molecular formula is C16H26. The van der Waals surface area contributed by atoms with Gasteiger partial charge in [0.25, 0.3) is 0 Å². The quantitative estimate of drug-likeness (QED) is 0.552. The van der Waals surface area contributed by atoms with Gasteiger partial charge in [0, 0.05) is 0 Å². The Morgan fingerprint density at radius 3 is 3.00 bits per heavy atom. The van der Waals surface area contributed by atoms with Gasteiger partial charge >= 0.3 is 0 Å². The molecule has 0 saturated heterocycles. The van der Waals surface area contributed by atoms with E-state index >= 15 is 0 Å². The molecule has 0 aromatic heterocycles. The predicted octanol–water partition coefficient (Wildman–Crippen LogP) is 4.97. The van der Waals surface area contributed by atoms with Crippen LogP contribution in [-0.4, -0.2) is 0 Å². The zero-order chi connectivity index (χ0) is 11.4. The average Bonchev–Trinajstić information content (AvgIpc) is 2.59. The summed E-state index contributed by atoms with van der Waals surface area (Å²) in [5, 5.41) is 0. The van der Waals surface area contributed by atoms with E-state index < -0.39 is 0 Å². The van der Waals surface area contributed by atoms with E-state index in [4.69, 9.17) is 0 Å². The maximum Gasteiger partial charge on any atom is -0.0202 e. The number of hydrogen-bond acceptors (Lipinski definition) is 0. The summed E-state index contributed by atoms with van der Waals surface area (Å²) in [6.07, 6.45) is 16.8. The molecule has 4 unspecified atom stereocenters. The lowest BCUT2D eigenvalue weighted by Crippen LogP contribution is -2.08. The molecule has 0 amide bonds. The topological polar surface area (TPSA) is 0 Å². The molecule has 16 heavy (non-hydrogen) atoms. The largest absolute Gasteiger partial charge is 0.103 e. The molecule has 2 aliphatic carbocycles. The van der Waals surface area contributed by atoms with Crippen molar-refractivity contribution < 1.29 is 0 Å². The van der Waals surface area contributed by atoms with Gasteiger partial charge in [0.2, 0.25) is 0 Å². The van der Waals surface area contributed by atoms with Crippen molar-refractivity contribution in [1.82, 2.24) is 0 Å². The fourth-order valence-corrected chi connectivity index (χ4v) is 3.66. The summed E-state index contributed by atoms with van der Waals surface area (Å²) in [5.74, 6) is 3.85. The molecule has 4 atom stereocenters. The van der Waals surface area contributed by atoms with E-state index in [1.165, 1.54) is 44.9 Å². The molecule has 0 heterocycles. The van der Waals surface area contributed by atoms with Gasteiger partial charge in [-0.15, -0.1) is 6.58 Å². The minimum absolute atomic E-state index is 0.891. The SMILES string of the molecule is C=CCC(CC)CCC1CC2CC=CC1C2. The van der Waals surface area contributed by atoms with Crippen molar-refractivity contribution in [2.45, 2.75) is 51.9 Å². The van der Waals surface area contributed by atoms with Gasteiger partial charge < -0.3 is 0 Å². The van der Waals surface area contributed by atoms with Crippen LogP contribution in [-0.2, 0) is 0 Å². The van der Waals surface area contributed by atoms with Gasteiger partial charge in [0.15, 0.2) is 0 Å². The zero-order valence-electron chi connectivity index (χ0n) is 10.7. The van der Waals surface area contributed by atoms with E-state index in [-0.39, 0.29) is 0 Å². The Balaban J connectivity index is 1.77. The molecule has 0 spiro atoms.